The lowest BCUT2D eigenvalue weighted by molar-refractivity contribution is -0.187. The summed E-state index contributed by atoms with van der Waals surface area (Å²) >= 11 is 0. The molecule has 3 rings (SSSR count). The molecule has 2 atom stereocenters. The third-order valence-electron chi connectivity index (χ3n) is 8.27. The number of carbonyl (C=O) groups is 1. The molecular weight excluding hydrogens is 389 g/mol. The Morgan fingerprint density at radius 3 is 2.00 bits per heavy atom. The third kappa shape index (κ3) is 6.88. The number of cyclic esters (lactones) is 1. The van der Waals surface area contributed by atoms with E-state index in [4.69, 9.17) is 4.74 Å². The standard InChI is InChI=1S/C25H41F3O2/c1-2-3-4-5-18-6-8-19(9-7-18)10-15-22-16-17-23(24(29)30-22)20-11-13-21(14-12-20)25(26,27)28/h18-23H,2-17H2,1H3. The molecule has 0 N–H and O–H groups in total. The smallest absolute Gasteiger partial charge is 0.391 e. The van der Waals surface area contributed by atoms with Gasteiger partial charge in [0.15, 0.2) is 0 Å². The van der Waals surface area contributed by atoms with Crippen molar-refractivity contribution in [3.8, 4) is 0 Å². The average Bonchev–Trinajstić information content (AvgIpc) is 2.73. The summed E-state index contributed by atoms with van der Waals surface area (Å²) in [4.78, 5) is 12.6. The molecule has 30 heavy (non-hydrogen) atoms. The Hall–Kier alpha value is -0.740. The van der Waals surface area contributed by atoms with Gasteiger partial charge < -0.3 is 4.74 Å². The summed E-state index contributed by atoms with van der Waals surface area (Å²) in [5, 5.41) is 0. The van der Waals surface area contributed by atoms with Crippen LogP contribution in [0.4, 0.5) is 13.2 Å². The molecule has 3 aliphatic rings. The number of alkyl halides is 3. The maximum atomic E-state index is 12.9. The Morgan fingerprint density at radius 1 is 0.800 bits per heavy atom. The van der Waals surface area contributed by atoms with Crippen molar-refractivity contribution in [1.82, 2.24) is 0 Å². The quantitative estimate of drug-likeness (QED) is 0.289. The molecule has 2 aliphatic carbocycles. The molecule has 0 bridgehead atoms. The predicted octanol–water partition coefficient (Wildman–Crippen LogP) is 7.84. The minimum atomic E-state index is -4.09. The van der Waals surface area contributed by atoms with Crippen LogP contribution in [0.3, 0.4) is 0 Å². The van der Waals surface area contributed by atoms with Crippen molar-refractivity contribution < 1.29 is 22.7 Å². The second-order valence-corrected chi connectivity index (χ2v) is 10.4. The van der Waals surface area contributed by atoms with Gasteiger partial charge in [-0.15, -0.1) is 0 Å². The molecule has 2 nitrogen and oxygen atoms in total. The fourth-order valence-electron chi connectivity index (χ4n) is 6.19. The fraction of sp³-hybridized carbons (Fsp3) is 0.960. The number of halogens is 3. The van der Waals surface area contributed by atoms with Gasteiger partial charge in [-0.25, -0.2) is 0 Å². The molecular formula is C25H41F3O2. The molecule has 1 aliphatic heterocycles. The van der Waals surface area contributed by atoms with Gasteiger partial charge >= 0.3 is 12.1 Å². The maximum Gasteiger partial charge on any atom is 0.391 e. The zero-order valence-electron chi connectivity index (χ0n) is 18.7. The van der Waals surface area contributed by atoms with Crippen LogP contribution in [0, 0.1) is 29.6 Å². The van der Waals surface area contributed by atoms with Gasteiger partial charge in [-0.2, -0.15) is 13.2 Å². The molecule has 174 valence electrons. The van der Waals surface area contributed by atoms with E-state index < -0.39 is 12.1 Å². The zero-order valence-corrected chi connectivity index (χ0v) is 18.7. The van der Waals surface area contributed by atoms with Crippen LogP contribution in [0.25, 0.3) is 0 Å². The van der Waals surface area contributed by atoms with Crippen LogP contribution >= 0.6 is 0 Å². The minimum absolute atomic E-state index is 0.0301. The van der Waals surface area contributed by atoms with Crippen LogP contribution in [0.1, 0.15) is 110 Å². The highest BCUT2D eigenvalue weighted by Crippen LogP contribution is 2.44. The Morgan fingerprint density at radius 2 is 1.43 bits per heavy atom. The van der Waals surface area contributed by atoms with Crippen molar-refractivity contribution in [2.45, 2.75) is 122 Å². The highest BCUT2D eigenvalue weighted by atomic mass is 19.4. The lowest BCUT2D eigenvalue weighted by Gasteiger charge is -2.37. The highest BCUT2D eigenvalue weighted by molar-refractivity contribution is 5.73. The highest BCUT2D eigenvalue weighted by Gasteiger charge is 2.44. The fourth-order valence-corrected chi connectivity index (χ4v) is 6.19. The summed E-state index contributed by atoms with van der Waals surface area (Å²) in [7, 11) is 0. The van der Waals surface area contributed by atoms with E-state index in [1.54, 1.807) is 0 Å². The van der Waals surface area contributed by atoms with E-state index in [0.29, 0.717) is 12.8 Å². The number of esters is 1. The molecule has 0 aromatic carbocycles. The zero-order chi connectivity index (χ0) is 21.6. The Labute approximate surface area is 180 Å². The van der Waals surface area contributed by atoms with E-state index in [1.807, 2.05) is 0 Å². The number of carbonyl (C=O) groups excluding carboxylic acids is 1. The lowest BCUT2D eigenvalue weighted by atomic mass is 9.73. The molecule has 3 fully saturated rings. The molecule has 0 amide bonds. The molecule has 1 heterocycles. The van der Waals surface area contributed by atoms with Crippen molar-refractivity contribution >= 4 is 5.97 Å². The van der Waals surface area contributed by atoms with Gasteiger partial charge in [-0.05, 0) is 69.1 Å². The van der Waals surface area contributed by atoms with Gasteiger partial charge in [0.25, 0.3) is 0 Å². The first kappa shape index (κ1) is 23.9. The normalized spacial score (nSPS) is 35.8. The van der Waals surface area contributed by atoms with Gasteiger partial charge in [0, 0.05) is 0 Å². The molecule has 2 unspecified atom stereocenters. The van der Waals surface area contributed by atoms with Gasteiger partial charge in [-0.1, -0.05) is 58.3 Å². The summed E-state index contributed by atoms with van der Waals surface area (Å²) in [5.74, 6) is 0.299. The van der Waals surface area contributed by atoms with E-state index in [2.05, 4.69) is 6.92 Å². The van der Waals surface area contributed by atoms with Crippen molar-refractivity contribution in [2.24, 2.45) is 29.6 Å². The molecule has 0 radical (unpaired) electrons. The van der Waals surface area contributed by atoms with E-state index >= 15 is 0 Å². The van der Waals surface area contributed by atoms with Crippen molar-refractivity contribution in [1.29, 1.82) is 0 Å². The average molecular weight is 431 g/mol. The topological polar surface area (TPSA) is 26.3 Å². The van der Waals surface area contributed by atoms with Crippen molar-refractivity contribution in [3.63, 3.8) is 0 Å². The first-order chi connectivity index (χ1) is 14.4. The number of rotatable bonds is 8. The van der Waals surface area contributed by atoms with Gasteiger partial charge in [-0.3, -0.25) is 4.79 Å². The van der Waals surface area contributed by atoms with E-state index in [1.165, 1.54) is 51.4 Å². The summed E-state index contributed by atoms with van der Waals surface area (Å²) in [5.41, 5.74) is 0. The second kappa shape index (κ2) is 11.2. The monoisotopic (exact) mass is 430 g/mol. The molecule has 1 saturated heterocycles. The van der Waals surface area contributed by atoms with Crippen LogP contribution in [-0.2, 0) is 9.53 Å². The summed E-state index contributed by atoms with van der Waals surface area (Å²) in [6.45, 7) is 2.26. The minimum Gasteiger partial charge on any atom is -0.462 e. The van der Waals surface area contributed by atoms with Crippen LogP contribution in [-0.4, -0.2) is 18.2 Å². The van der Waals surface area contributed by atoms with E-state index in [0.717, 1.165) is 37.5 Å². The largest absolute Gasteiger partial charge is 0.462 e. The third-order valence-corrected chi connectivity index (χ3v) is 8.27. The molecule has 0 aromatic rings. The van der Waals surface area contributed by atoms with Crippen LogP contribution in [0.15, 0.2) is 0 Å². The molecule has 0 spiro atoms. The van der Waals surface area contributed by atoms with Crippen LogP contribution < -0.4 is 0 Å². The maximum absolute atomic E-state index is 12.9. The SMILES string of the molecule is CCCCCC1CCC(CCC2CCC(C3CCC(C(F)(F)F)CC3)C(=O)O2)CC1. The summed E-state index contributed by atoms with van der Waals surface area (Å²) in [6.07, 6.45) is 11.9. The van der Waals surface area contributed by atoms with Gasteiger partial charge in [0.2, 0.25) is 0 Å². The van der Waals surface area contributed by atoms with E-state index in [9.17, 15) is 18.0 Å². The first-order valence-electron chi connectivity index (χ1n) is 12.6. The van der Waals surface area contributed by atoms with Crippen LogP contribution in [0.5, 0.6) is 0 Å². The van der Waals surface area contributed by atoms with Crippen molar-refractivity contribution in [3.05, 3.63) is 0 Å². The van der Waals surface area contributed by atoms with Gasteiger partial charge in [0.1, 0.15) is 6.10 Å². The predicted molar refractivity (Wildman–Crippen MR) is 113 cm³/mol. The summed E-state index contributed by atoms with van der Waals surface area (Å²) in [6, 6.07) is 0. The number of hydrogen-bond donors (Lipinski definition) is 0. The van der Waals surface area contributed by atoms with E-state index in [-0.39, 0.29) is 36.8 Å². The second-order valence-electron chi connectivity index (χ2n) is 10.4. The van der Waals surface area contributed by atoms with Crippen LogP contribution in [0.2, 0.25) is 0 Å². The Balaban J connectivity index is 1.32. The van der Waals surface area contributed by atoms with Gasteiger partial charge in [0.05, 0.1) is 11.8 Å². The first-order valence-corrected chi connectivity index (χ1v) is 12.6. The number of ether oxygens (including phenoxy) is 1. The Bertz CT molecular complexity index is 517. The lowest BCUT2D eigenvalue weighted by Crippen LogP contribution is -2.38. The molecule has 2 saturated carbocycles. The number of hydrogen-bond acceptors (Lipinski definition) is 2. The molecule has 0 aromatic heterocycles. The number of unbranched alkanes of at least 4 members (excludes halogenated alkanes) is 2. The Kier molecular flexibility index (Phi) is 8.94. The summed E-state index contributed by atoms with van der Waals surface area (Å²) < 4.78 is 44.4. The molecule has 5 heteroatoms. The van der Waals surface area contributed by atoms with Crippen molar-refractivity contribution in [2.75, 3.05) is 0 Å².